The normalized spacial score (nSPS) is 10.9. The van der Waals surface area contributed by atoms with E-state index in [0.29, 0.717) is 6.54 Å². The van der Waals surface area contributed by atoms with E-state index >= 15 is 0 Å². The van der Waals surface area contributed by atoms with Crippen molar-refractivity contribution in [3.05, 3.63) is 28.9 Å². The third kappa shape index (κ3) is 1.73. The van der Waals surface area contributed by atoms with Gasteiger partial charge in [-0.2, -0.15) is 5.10 Å². The lowest BCUT2D eigenvalue weighted by Crippen LogP contribution is -2.09. The molecule has 13 heavy (non-hydrogen) atoms. The summed E-state index contributed by atoms with van der Waals surface area (Å²) < 4.78 is 2.95. The van der Waals surface area contributed by atoms with Gasteiger partial charge in [0, 0.05) is 22.6 Å². The fourth-order valence-corrected chi connectivity index (χ4v) is 1.67. The van der Waals surface area contributed by atoms with Crippen molar-refractivity contribution in [3.63, 3.8) is 0 Å². The summed E-state index contributed by atoms with van der Waals surface area (Å²) >= 11 is 3.42. The molecule has 0 aliphatic carbocycles. The van der Waals surface area contributed by atoms with Crippen LogP contribution in [0.2, 0.25) is 0 Å². The van der Waals surface area contributed by atoms with E-state index < -0.39 is 0 Å². The van der Waals surface area contributed by atoms with Crippen LogP contribution in [0.15, 0.2) is 28.9 Å². The van der Waals surface area contributed by atoms with Gasteiger partial charge < -0.3 is 5.73 Å². The molecule has 0 unspecified atom stereocenters. The molecule has 0 amide bonds. The SMILES string of the molecule is NCCn1cc2cc(Br)ccc2n1. The highest BCUT2D eigenvalue weighted by Gasteiger charge is 1.99. The van der Waals surface area contributed by atoms with E-state index in [4.69, 9.17) is 5.73 Å². The number of fused-ring (bicyclic) bond motifs is 1. The standard InChI is InChI=1S/C9H10BrN3/c10-8-1-2-9-7(5-8)6-13(12-9)4-3-11/h1-2,5-6H,3-4,11H2. The maximum absolute atomic E-state index is 5.44. The summed E-state index contributed by atoms with van der Waals surface area (Å²) in [5, 5.41) is 5.50. The van der Waals surface area contributed by atoms with Gasteiger partial charge in [-0.1, -0.05) is 15.9 Å². The number of hydrogen-bond donors (Lipinski definition) is 1. The Balaban J connectivity index is 2.49. The number of rotatable bonds is 2. The average molecular weight is 240 g/mol. The molecule has 1 aromatic carbocycles. The smallest absolute Gasteiger partial charge is 0.0924 e. The van der Waals surface area contributed by atoms with Gasteiger partial charge in [0.25, 0.3) is 0 Å². The number of halogens is 1. The zero-order valence-corrected chi connectivity index (χ0v) is 8.66. The minimum absolute atomic E-state index is 0.620. The monoisotopic (exact) mass is 239 g/mol. The first kappa shape index (κ1) is 8.72. The van der Waals surface area contributed by atoms with Crippen molar-refractivity contribution in [2.45, 2.75) is 6.54 Å². The summed E-state index contributed by atoms with van der Waals surface area (Å²) in [4.78, 5) is 0. The molecule has 0 aliphatic rings. The third-order valence-corrected chi connectivity index (χ3v) is 2.37. The summed E-state index contributed by atoms with van der Waals surface area (Å²) in [5.41, 5.74) is 6.45. The van der Waals surface area contributed by atoms with Crippen LogP contribution in [0.4, 0.5) is 0 Å². The van der Waals surface area contributed by atoms with Crippen molar-refractivity contribution in [3.8, 4) is 0 Å². The van der Waals surface area contributed by atoms with Gasteiger partial charge in [-0.3, -0.25) is 4.68 Å². The lowest BCUT2D eigenvalue weighted by Gasteiger charge is -1.93. The van der Waals surface area contributed by atoms with Crippen molar-refractivity contribution >= 4 is 26.8 Å². The molecule has 2 aromatic rings. The van der Waals surface area contributed by atoms with E-state index in [1.54, 1.807) is 0 Å². The van der Waals surface area contributed by atoms with Crippen molar-refractivity contribution in [1.29, 1.82) is 0 Å². The second-order valence-corrected chi connectivity index (χ2v) is 3.80. The first-order chi connectivity index (χ1) is 6.29. The van der Waals surface area contributed by atoms with Crippen LogP contribution in [-0.2, 0) is 6.54 Å². The fourth-order valence-electron chi connectivity index (χ4n) is 1.29. The van der Waals surface area contributed by atoms with E-state index in [-0.39, 0.29) is 0 Å². The molecule has 0 fully saturated rings. The van der Waals surface area contributed by atoms with Gasteiger partial charge in [0.05, 0.1) is 12.1 Å². The Bertz CT molecular complexity index is 422. The molecule has 68 valence electrons. The van der Waals surface area contributed by atoms with Crippen LogP contribution in [0.25, 0.3) is 10.9 Å². The number of benzene rings is 1. The van der Waals surface area contributed by atoms with E-state index in [9.17, 15) is 0 Å². The lowest BCUT2D eigenvalue weighted by molar-refractivity contribution is 0.632. The summed E-state index contributed by atoms with van der Waals surface area (Å²) in [6, 6.07) is 6.03. The molecule has 0 saturated carbocycles. The first-order valence-electron chi connectivity index (χ1n) is 4.12. The molecule has 0 saturated heterocycles. The van der Waals surface area contributed by atoms with Gasteiger partial charge in [-0.25, -0.2) is 0 Å². The number of aromatic nitrogens is 2. The predicted octanol–water partition coefficient (Wildman–Crippen LogP) is 1.76. The molecule has 4 heteroatoms. The Hall–Kier alpha value is -0.870. The van der Waals surface area contributed by atoms with Gasteiger partial charge in [-0.15, -0.1) is 0 Å². The Labute approximate surface area is 84.7 Å². The molecule has 1 aromatic heterocycles. The predicted molar refractivity (Wildman–Crippen MR) is 56.5 cm³/mol. The van der Waals surface area contributed by atoms with E-state index in [0.717, 1.165) is 21.9 Å². The Kier molecular flexibility index (Phi) is 2.33. The Morgan fingerprint density at radius 1 is 1.46 bits per heavy atom. The molecule has 3 nitrogen and oxygen atoms in total. The van der Waals surface area contributed by atoms with Gasteiger partial charge in [0.15, 0.2) is 0 Å². The minimum atomic E-state index is 0.620. The topological polar surface area (TPSA) is 43.8 Å². The molecule has 0 spiro atoms. The molecular formula is C9H10BrN3. The second-order valence-electron chi connectivity index (χ2n) is 2.88. The largest absolute Gasteiger partial charge is 0.329 e. The quantitative estimate of drug-likeness (QED) is 0.869. The number of nitrogens with zero attached hydrogens (tertiary/aromatic N) is 2. The highest BCUT2D eigenvalue weighted by Crippen LogP contribution is 2.18. The van der Waals surface area contributed by atoms with Gasteiger partial charge in [-0.05, 0) is 18.2 Å². The van der Waals surface area contributed by atoms with Gasteiger partial charge in [0.2, 0.25) is 0 Å². The van der Waals surface area contributed by atoms with Crippen molar-refractivity contribution in [2.75, 3.05) is 6.54 Å². The molecule has 2 rings (SSSR count). The second kappa shape index (κ2) is 3.47. The van der Waals surface area contributed by atoms with E-state index in [1.165, 1.54) is 0 Å². The van der Waals surface area contributed by atoms with Crippen LogP contribution in [0.3, 0.4) is 0 Å². The zero-order valence-electron chi connectivity index (χ0n) is 7.07. The maximum atomic E-state index is 5.44. The van der Waals surface area contributed by atoms with Crippen LogP contribution in [0.5, 0.6) is 0 Å². The van der Waals surface area contributed by atoms with Crippen molar-refractivity contribution in [1.82, 2.24) is 9.78 Å². The average Bonchev–Trinajstić information content (AvgIpc) is 2.46. The molecule has 2 N–H and O–H groups in total. The molecular weight excluding hydrogens is 230 g/mol. The summed E-state index contributed by atoms with van der Waals surface area (Å²) in [6.07, 6.45) is 2.01. The van der Waals surface area contributed by atoms with Crippen LogP contribution < -0.4 is 5.73 Å². The lowest BCUT2D eigenvalue weighted by atomic mass is 10.3. The summed E-state index contributed by atoms with van der Waals surface area (Å²) in [7, 11) is 0. The van der Waals surface area contributed by atoms with Crippen molar-refractivity contribution < 1.29 is 0 Å². The van der Waals surface area contributed by atoms with Crippen molar-refractivity contribution in [2.24, 2.45) is 5.73 Å². The van der Waals surface area contributed by atoms with Crippen LogP contribution in [0.1, 0.15) is 0 Å². The van der Waals surface area contributed by atoms with Gasteiger partial charge >= 0.3 is 0 Å². The Morgan fingerprint density at radius 3 is 3.08 bits per heavy atom. The molecule has 0 radical (unpaired) electrons. The summed E-state index contributed by atoms with van der Waals surface area (Å²) in [6.45, 7) is 1.39. The molecule has 0 atom stereocenters. The maximum Gasteiger partial charge on any atom is 0.0924 e. The summed E-state index contributed by atoms with van der Waals surface area (Å²) in [5.74, 6) is 0. The third-order valence-electron chi connectivity index (χ3n) is 1.87. The number of nitrogens with two attached hydrogens (primary N) is 1. The van der Waals surface area contributed by atoms with Gasteiger partial charge in [0.1, 0.15) is 0 Å². The molecule has 0 bridgehead atoms. The highest BCUT2D eigenvalue weighted by atomic mass is 79.9. The molecule has 0 aliphatic heterocycles. The Morgan fingerprint density at radius 2 is 2.31 bits per heavy atom. The van der Waals surface area contributed by atoms with Crippen LogP contribution in [0, 0.1) is 0 Å². The van der Waals surface area contributed by atoms with E-state index in [2.05, 4.69) is 27.1 Å². The van der Waals surface area contributed by atoms with E-state index in [1.807, 2.05) is 23.0 Å². The molecule has 1 heterocycles. The van der Waals surface area contributed by atoms with Crippen LogP contribution >= 0.6 is 15.9 Å². The zero-order chi connectivity index (χ0) is 9.26. The minimum Gasteiger partial charge on any atom is -0.329 e. The van der Waals surface area contributed by atoms with Crippen LogP contribution in [-0.4, -0.2) is 16.3 Å². The highest BCUT2D eigenvalue weighted by molar-refractivity contribution is 9.10. The fraction of sp³-hybridized carbons (Fsp3) is 0.222. The first-order valence-corrected chi connectivity index (χ1v) is 4.91. The number of hydrogen-bond acceptors (Lipinski definition) is 2.